The molecule has 4 heteroatoms. The van der Waals surface area contributed by atoms with Crippen LogP contribution in [-0.4, -0.2) is 5.97 Å². The summed E-state index contributed by atoms with van der Waals surface area (Å²) < 4.78 is 11.3. The lowest BCUT2D eigenvalue weighted by Gasteiger charge is -2.04. The van der Waals surface area contributed by atoms with Crippen LogP contribution in [0.3, 0.4) is 0 Å². The first-order valence-corrected chi connectivity index (χ1v) is 6.47. The summed E-state index contributed by atoms with van der Waals surface area (Å²) in [6.45, 7) is 0. The number of halogens is 1. The molecule has 0 radical (unpaired) electrons. The zero-order chi connectivity index (χ0) is 13.2. The summed E-state index contributed by atoms with van der Waals surface area (Å²) in [7, 11) is 0. The van der Waals surface area contributed by atoms with Crippen LogP contribution >= 0.6 is 15.9 Å². The fourth-order valence-electron chi connectivity index (χ4n) is 1.81. The van der Waals surface area contributed by atoms with Gasteiger partial charge in [-0.25, -0.2) is 4.79 Å². The Labute approximate surface area is 117 Å². The zero-order valence-electron chi connectivity index (χ0n) is 9.80. The molecule has 0 saturated carbocycles. The second-order valence-corrected chi connectivity index (χ2v) is 4.94. The summed E-state index contributed by atoms with van der Waals surface area (Å²) in [6.07, 6.45) is 1.44. The molecule has 3 nitrogen and oxygen atoms in total. The molecule has 94 valence electrons. The van der Waals surface area contributed by atoms with E-state index in [2.05, 4.69) is 15.9 Å². The highest BCUT2D eigenvalue weighted by atomic mass is 79.9. The lowest BCUT2D eigenvalue weighted by Crippen LogP contribution is -2.06. The van der Waals surface area contributed by atoms with E-state index in [0.717, 1.165) is 15.2 Å². The first kappa shape index (κ1) is 12.0. The Bertz CT molecular complexity index is 732. The minimum absolute atomic E-state index is 0.191. The molecule has 3 aromatic rings. The third-order valence-electron chi connectivity index (χ3n) is 2.71. The predicted octanol–water partition coefficient (Wildman–Crippen LogP) is 4.41. The minimum atomic E-state index is -0.499. The summed E-state index contributed by atoms with van der Waals surface area (Å²) in [5.41, 5.74) is 0. The largest absolute Gasteiger partial charge is 0.457 e. The van der Waals surface area contributed by atoms with Crippen molar-refractivity contribution in [1.82, 2.24) is 0 Å². The lowest BCUT2D eigenvalue weighted by molar-refractivity contribution is 0.0701. The second-order valence-electron chi connectivity index (χ2n) is 4.02. The third-order valence-corrected chi connectivity index (χ3v) is 3.20. The van der Waals surface area contributed by atoms with Crippen molar-refractivity contribution < 1.29 is 13.9 Å². The molecule has 1 aromatic heterocycles. The molecule has 0 atom stereocenters. The number of furan rings is 1. The Morgan fingerprint density at radius 3 is 2.63 bits per heavy atom. The van der Waals surface area contributed by atoms with Gasteiger partial charge in [0.05, 0.1) is 6.26 Å². The summed E-state index contributed by atoms with van der Waals surface area (Å²) in [4.78, 5) is 11.7. The maximum absolute atomic E-state index is 11.7. The highest BCUT2D eigenvalue weighted by Crippen LogP contribution is 2.24. The number of rotatable bonds is 2. The van der Waals surface area contributed by atoms with Crippen molar-refractivity contribution in [3.63, 3.8) is 0 Å². The molecule has 0 saturated heterocycles. The molecule has 19 heavy (non-hydrogen) atoms. The van der Waals surface area contributed by atoms with E-state index in [1.165, 1.54) is 6.26 Å². The Hall–Kier alpha value is -2.07. The van der Waals surface area contributed by atoms with E-state index in [9.17, 15) is 4.79 Å². The number of hydrogen-bond donors (Lipinski definition) is 0. The molecule has 2 aromatic carbocycles. The molecule has 3 rings (SSSR count). The molecule has 0 amide bonds. The van der Waals surface area contributed by atoms with E-state index in [0.29, 0.717) is 5.75 Å². The fourth-order valence-corrected chi connectivity index (χ4v) is 2.19. The number of benzene rings is 2. The van der Waals surface area contributed by atoms with Gasteiger partial charge in [-0.05, 0) is 47.2 Å². The highest BCUT2D eigenvalue weighted by Gasteiger charge is 2.11. The molecular weight excluding hydrogens is 308 g/mol. The molecule has 0 aliphatic heterocycles. The van der Waals surface area contributed by atoms with Gasteiger partial charge in [-0.2, -0.15) is 0 Å². The second kappa shape index (κ2) is 4.90. The first-order valence-electron chi connectivity index (χ1n) is 5.67. The molecule has 0 fully saturated rings. The van der Waals surface area contributed by atoms with E-state index < -0.39 is 5.97 Å². The van der Waals surface area contributed by atoms with Gasteiger partial charge in [-0.3, -0.25) is 0 Å². The van der Waals surface area contributed by atoms with E-state index in [4.69, 9.17) is 9.15 Å². The summed E-state index contributed by atoms with van der Waals surface area (Å²) in [6, 6.07) is 14.6. The molecule has 0 unspecified atom stereocenters. The van der Waals surface area contributed by atoms with E-state index >= 15 is 0 Å². The Kier molecular flexibility index (Phi) is 3.09. The number of carbonyl (C=O) groups is 1. The van der Waals surface area contributed by atoms with Crippen LogP contribution in [0.2, 0.25) is 0 Å². The maximum Gasteiger partial charge on any atom is 0.379 e. The SMILES string of the molecule is O=C(Oc1ccc2cc(Br)ccc2c1)c1ccco1. The summed E-state index contributed by atoms with van der Waals surface area (Å²) >= 11 is 3.42. The van der Waals surface area contributed by atoms with Crippen LogP contribution in [0.25, 0.3) is 10.8 Å². The zero-order valence-corrected chi connectivity index (χ0v) is 11.4. The monoisotopic (exact) mass is 316 g/mol. The molecular formula is C15H9BrO3. The number of fused-ring (bicyclic) bond motifs is 1. The van der Waals surface area contributed by atoms with Crippen molar-refractivity contribution in [2.75, 3.05) is 0 Å². The molecule has 1 heterocycles. The van der Waals surface area contributed by atoms with Crippen LogP contribution in [0.5, 0.6) is 5.75 Å². The predicted molar refractivity (Wildman–Crippen MR) is 75.3 cm³/mol. The van der Waals surface area contributed by atoms with Crippen molar-refractivity contribution in [1.29, 1.82) is 0 Å². The van der Waals surface area contributed by atoms with E-state index in [1.807, 2.05) is 30.3 Å². The highest BCUT2D eigenvalue weighted by molar-refractivity contribution is 9.10. The molecule has 0 N–H and O–H groups in total. The molecule has 0 spiro atoms. The fraction of sp³-hybridized carbons (Fsp3) is 0. The van der Waals surface area contributed by atoms with Gasteiger partial charge in [0.15, 0.2) is 0 Å². The number of ether oxygens (including phenoxy) is 1. The van der Waals surface area contributed by atoms with Gasteiger partial charge >= 0.3 is 5.97 Å². The lowest BCUT2D eigenvalue weighted by atomic mass is 10.1. The molecule has 0 aliphatic carbocycles. The van der Waals surface area contributed by atoms with Crippen LogP contribution in [0.4, 0.5) is 0 Å². The van der Waals surface area contributed by atoms with Crippen molar-refractivity contribution in [2.45, 2.75) is 0 Å². The Balaban J connectivity index is 1.89. The van der Waals surface area contributed by atoms with Crippen molar-refractivity contribution in [2.24, 2.45) is 0 Å². The topological polar surface area (TPSA) is 39.4 Å². The smallest absolute Gasteiger partial charge is 0.379 e. The van der Waals surface area contributed by atoms with E-state index in [1.54, 1.807) is 18.2 Å². The minimum Gasteiger partial charge on any atom is -0.457 e. The average molecular weight is 317 g/mol. The quantitative estimate of drug-likeness (QED) is 0.519. The number of esters is 1. The van der Waals surface area contributed by atoms with Gasteiger partial charge in [0, 0.05) is 4.47 Å². The standard InChI is InChI=1S/C15H9BrO3/c16-12-5-3-11-9-13(6-4-10(11)8-12)19-15(17)14-2-1-7-18-14/h1-9H. The average Bonchev–Trinajstić information content (AvgIpc) is 2.93. The van der Waals surface area contributed by atoms with Crippen LogP contribution < -0.4 is 4.74 Å². The normalized spacial score (nSPS) is 10.6. The van der Waals surface area contributed by atoms with Crippen LogP contribution in [-0.2, 0) is 0 Å². The van der Waals surface area contributed by atoms with E-state index in [-0.39, 0.29) is 5.76 Å². The van der Waals surface area contributed by atoms with Crippen molar-refractivity contribution >= 4 is 32.7 Å². The summed E-state index contributed by atoms with van der Waals surface area (Å²) in [5.74, 6) is 0.189. The Morgan fingerprint density at radius 1 is 1.05 bits per heavy atom. The third kappa shape index (κ3) is 2.53. The van der Waals surface area contributed by atoms with Gasteiger partial charge < -0.3 is 9.15 Å². The van der Waals surface area contributed by atoms with Crippen LogP contribution in [0.1, 0.15) is 10.6 Å². The molecule has 0 bridgehead atoms. The van der Waals surface area contributed by atoms with Gasteiger partial charge in [-0.15, -0.1) is 0 Å². The van der Waals surface area contributed by atoms with Gasteiger partial charge in [0.2, 0.25) is 5.76 Å². The summed E-state index contributed by atoms with van der Waals surface area (Å²) in [5, 5.41) is 2.08. The first-order chi connectivity index (χ1) is 9.22. The van der Waals surface area contributed by atoms with Gasteiger partial charge in [0.25, 0.3) is 0 Å². The van der Waals surface area contributed by atoms with Crippen molar-refractivity contribution in [3.05, 3.63) is 65.0 Å². The van der Waals surface area contributed by atoms with Crippen LogP contribution in [0.15, 0.2) is 63.7 Å². The number of carbonyl (C=O) groups excluding carboxylic acids is 1. The van der Waals surface area contributed by atoms with Gasteiger partial charge in [0.1, 0.15) is 5.75 Å². The molecule has 0 aliphatic rings. The van der Waals surface area contributed by atoms with Gasteiger partial charge in [-0.1, -0.05) is 28.1 Å². The van der Waals surface area contributed by atoms with Crippen molar-refractivity contribution in [3.8, 4) is 5.75 Å². The maximum atomic E-state index is 11.7. The van der Waals surface area contributed by atoms with Crippen LogP contribution in [0, 0.1) is 0 Å². The Morgan fingerprint density at radius 2 is 1.84 bits per heavy atom. The number of hydrogen-bond acceptors (Lipinski definition) is 3.